The van der Waals surface area contributed by atoms with Gasteiger partial charge in [0.25, 0.3) is 0 Å². The Balaban J connectivity index is 1.53. The van der Waals surface area contributed by atoms with Crippen molar-refractivity contribution in [1.82, 2.24) is 4.90 Å². The second kappa shape index (κ2) is 10.6. The molecule has 1 atom stereocenters. The lowest BCUT2D eigenvalue weighted by Crippen LogP contribution is -2.31. The minimum Gasteiger partial charge on any atom is -0.493 e. The Kier molecular flexibility index (Phi) is 7.41. The Morgan fingerprint density at radius 1 is 0.967 bits per heavy atom. The third-order valence-corrected chi connectivity index (χ3v) is 6.19. The second-order valence-electron chi connectivity index (χ2n) is 8.46. The number of hydrazone groups is 1. The van der Waals surface area contributed by atoms with Crippen LogP contribution in [-0.2, 0) is 0 Å². The van der Waals surface area contributed by atoms with Crippen molar-refractivity contribution < 1.29 is 4.74 Å². The fourth-order valence-electron chi connectivity index (χ4n) is 4.47. The Morgan fingerprint density at radius 3 is 2.53 bits per heavy atom. The fraction of sp³-hybridized carbons (Fsp3) is 0.500. The summed E-state index contributed by atoms with van der Waals surface area (Å²) in [7, 11) is 0. The molecule has 1 fully saturated rings. The van der Waals surface area contributed by atoms with Crippen molar-refractivity contribution in [2.45, 2.75) is 57.9 Å². The molecule has 0 amide bonds. The molecular weight excluding hydrogens is 370 g/mol. The molecule has 4 heteroatoms. The van der Waals surface area contributed by atoms with Gasteiger partial charge in [-0.15, -0.1) is 0 Å². The van der Waals surface area contributed by atoms with Crippen molar-refractivity contribution >= 4 is 11.4 Å². The molecule has 160 valence electrons. The van der Waals surface area contributed by atoms with Crippen LogP contribution in [0.25, 0.3) is 0 Å². The Hall–Kier alpha value is -2.33. The zero-order chi connectivity index (χ0) is 20.6. The number of para-hydroxylation sites is 2. The lowest BCUT2D eigenvalue weighted by atomic mass is 9.99. The average molecular weight is 406 g/mol. The maximum atomic E-state index is 6.18. The summed E-state index contributed by atoms with van der Waals surface area (Å²) in [5, 5.41) is 7.32. The number of ether oxygens (including phenoxy) is 1. The van der Waals surface area contributed by atoms with Gasteiger partial charge in [-0.25, -0.2) is 0 Å². The number of hydrogen-bond donors (Lipinski definition) is 0. The molecule has 1 saturated heterocycles. The van der Waals surface area contributed by atoms with Crippen LogP contribution >= 0.6 is 0 Å². The Morgan fingerprint density at radius 2 is 1.73 bits per heavy atom. The lowest BCUT2D eigenvalue weighted by molar-refractivity contribution is 0.234. The topological polar surface area (TPSA) is 28.1 Å². The molecule has 4 rings (SSSR count). The molecule has 4 nitrogen and oxygen atoms in total. The van der Waals surface area contributed by atoms with Gasteiger partial charge in [0.15, 0.2) is 0 Å². The van der Waals surface area contributed by atoms with E-state index in [1.165, 1.54) is 43.6 Å². The minimum absolute atomic E-state index is 0.196. The number of hydrogen-bond acceptors (Lipinski definition) is 4. The first-order valence-corrected chi connectivity index (χ1v) is 11.7. The molecule has 2 aromatic rings. The average Bonchev–Trinajstić information content (AvgIpc) is 3.24. The summed E-state index contributed by atoms with van der Waals surface area (Å²) in [4.78, 5) is 2.61. The van der Waals surface area contributed by atoms with E-state index in [-0.39, 0.29) is 6.04 Å². The zero-order valence-corrected chi connectivity index (χ0v) is 18.3. The van der Waals surface area contributed by atoms with E-state index in [9.17, 15) is 0 Å². The van der Waals surface area contributed by atoms with Gasteiger partial charge in [-0.2, -0.15) is 5.10 Å². The number of rotatable bonds is 9. The normalized spacial score (nSPS) is 19.7. The molecule has 0 bridgehead atoms. The van der Waals surface area contributed by atoms with Gasteiger partial charge in [-0.3, -0.25) is 5.01 Å². The number of unbranched alkanes of at least 4 members (excludes halogenated alkanes) is 1. The summed E-state index contributed by atoms with van der Waals surface area (Å²) in [5.41, 5.74) is 3.70. The number of anilines is 1. The quantitative estimate of drug-likeness (QED) is 0.476. The van der Waals surface area contributed by atoms with Gasteiger partial charge < -0.3 is 9.64 Å². The van der Waals surface area contributed by atoms with Crippen molar-refractivity contribution in [3.8, 4) is 5.75 Å². The molecule has 30 heavy (non-hydrogen) atoms. The van der Waals surface area contributed by atoms with E-state index in [4.69, 9.17) is 9.84 Å². The van der Waals surface area contributed by atoms with Gasteiger partial charge in [0.05, 0.1) is 18.3 Å². The molecule has 0 aliphatic carbocycles. The molecule has 2 aliphatic heterocycles. The van der Waals surface area contributed by atoms with Crippen molar-refractivity contribution in [2.24, 2.45) is 5.10 Å². The van der Waals surface area contributed by atoms with Crippen LogP contribution in [0.2, 0.25) is 0 Å². The fourth-order valence-corrected chi connectivity index (χ4v) is 4.47. The van der Waals surface area contributed by atoms with Crippen LogP contribution in [0.3, 0.4) is 0 Å². The highest BCUT2D eigenvalue weighted by Crippen LogP contribution is 2.39. The largest absolute Gasteiger partial charge is 0.493 e. The van der Waals surface area contributed by atoms with Crippen molar-refractivity contribution in [3.05, 3.63) is 60.2 Å². The Labute approximate surface area is 181 Å². The van der Waals surface area contributed by atoms with Crippen LogP contribution in [0.15, 0.2) is 59.7 Å². The molecule has 2 aromatic carbocycles. The zero-order valence-electron chi connectivity index (χ0n) is 18.3. The molecule has 1 unspecified atom stereocenters. The summed E-state index contributed by atoms with van der Waals surface area (Å²) in [6.07, 6.45) is 8.32. The predicted molar refractivity (Wildman–Crippen MR) is 125 cm³/mol. The maximum absolute atomic E-state index is 6.18. The third-order valence-electron chi connectivity index (χ3n) is 6.19. The SMILES string of the molecule is CCCCOc1ccccc1C1CC(CCN2CCCCC2)=NN1c1ccccc1. The van der Waals surface area contributed by atoms with Gasteiger partial charge in [-0.05, 0) is 50.6 Å². The van der Waals surface area contributed by atoms with E-state index in [1.54, 1.807) is 0 Å². The second-order valence-corrected chi connectivity index (χ2v) is 8.46. The summed E-state index contributed by atoms with van der Waals surface area (Å²) in [6.45, 7) is 6.59. The third kappa shape index (κ3) is 5.23. The van der Waals surface area contributed by atoms with Crippen molar-refractivity contribution in [1.29, 1.82) is 0 Å². The summed E-state index contributed by atoms with van der Waals surface area (Å²) in [5.74, 6) is 1.00. The first-order valence-electron chi connectivity index (χ1n) is 11.7. The first kappa shape index (κ1) is 20.9. The van der Waals surface area contributed by atoms with Crippen LogP contribution in [0, 0.1) is 0 Å². The highest BCUT2D eigenvalue weighted by atomic mass is 16.5. The number of piperidine rings is 1. The smallest absolute Gasteiger partial charge is 0.124 e. The first-order chi connectivity index (χ1) is 14.8. The van der Waals surface area contributed by atoms with Crippen LogP contribution in [0.5, 0.6) is 5.75 Å². The van der Waals surface area contributed by atoms with Crippen LogP contribution in [-0.4, -0.2) is 36.9 Å². The molecule has 2 heterocycles. The molecule has 0 N–H and O–H groups in total. The van der Waals surface area contributed by atoms with Gasteiger partial charge in [0, 0.05) is 30.7 Å². The maximum Gasteiger partial charge on any atom is 0.124 e. The highest BCUT2D eigenvalue weighted by molar-refractivity contribution is 5.89. The van der Waals surface area contributed by atoms with E-state index >= 15 is 0 Å². The van der Waals surface area contributed by atoms with Crippen LogP contribution < -0.4 is 9.75 Å². The van der Waals surface area contributed by atoms with Crippen molar-refractivity contribution in [3.63, 3.8) is 0 Å². The molecule has 0 spiro atoms. The van der Waals surface area contributed by atoms with E-state index in [2.05, 4.69) is 71.4 Å². The standard InChI is InChI=1S/C26H35N3O/c1-2-3-20-30-26-15-9-8-14-24(26)25-21-22(16-19-28-17-10-5-11-18-28)27-29(25)23-12-6-4-7-13-23/h4,6-9,12-15,25H,2-3,5,10-11,16-21H2,1H3. The van der Waals surface area contributed by atoms with Gasteiger partial charge in [0.1, 0.15) is 5.75 Å². The van der Waals surface area contributed by atoms with E-state index in [1.807, 2.05) is 0 Å². The molecule has 2 aliphatic rings. The summed E-state index contributed by atoms with van der Waals surface area (Å²) < 4.78 is 6.18. The van der Waals surface area contributed by atoms with Gasteiger partial charge in [0.2, 0.25) is 0 Å². The Bertz CT molecular complexity index is 814. The number of nitrogens with zero attached hydrogens (tertiary/aromatic N) is 3. The van der Waals surface area contributed by atoms with E-state index < -0.39 is 0 Å². The predicted octanol–water partition coefficient (Wildman–Crippen LogP) is 6.05. The van der Waals surface area contributed by atoms with Gasteiger partial charge in [-0.1, -0.05) is 56.2 Å². The van der Waals surface area contributed by atoms with Gasteiger partial charge >= 0.3 is 0 Å². The molecule has 0 aromatic heterocycles. The minimum atomic E-state index is 0.196. The summed E-state index contributed by atoms with van der Waals surface area (Å²) in [6, 6.07) is 19.3. The van der Waals surface area contributed by atoms with E-state index in [0.717, 1.165) is 50.3 Å². The van der Waals surface area contributed by atoms with E-state index in [0.29, 0.717) is 0 Å². The van der Waals surface area contributed by atoms with Crippen LogP contribution in [0.1, 0.15) is 63.5 Å². The number of benzene rings is 2. The van der Waals surface area contributed by atoms with Crippen LogP contribution in [0.4, 0.5) is 5.69 Å². The molecular formula is C26H35N3O. The monoisotopic (exact) mass is 405 g/mol. The highest BCUT2D eigenvalue weighted by Gasteiger charge is 2.31. The molecule has 0 saturated carbocycles. The summed E-state index contributed by atoms with van der Waals surface area (Å²) >= 11 is 0. The number of likely N-dealkylation sites (tertiary alicyclic amines) is 1. The molecule has 0 radical (unpaired) electrons. The lowest BCUT2D eigenvalue weighted by Gasteiger charge is -2.26. The van der Waals surface area contributed by atoms with Crippen molar-refractivity contribution in [2.75, 3.05) is 31.3 Å².